The molecule has 1 heteroatoms. The van der Waals surface area contributed by atoms with Gasteiger partial charge >= 0.3 is 0 Å². The van der Waals surface area contributed by atoms with Crippen molar-refractivity contribution in [2.24, 2.45) is 23.2 Å². The highest BCUT2D eigenvalue weighted by atomic mass is 14.9. The fourth-order valence-corrected chi connectivity index (χ4v) is 4.60. The van der Waals surface area contributed by atoms with Gasteiger partial charge in [0.15, 0.2) is 0 Å². The molecular weight excluding hydrogens is 206 g/mol. The Morgan fingerprint density at radius 3 is 2.47 bits per heavy atom. The van der Waals surface area contributed by atoms with Gasteiger partial charge in [0.25, 0.3) is 0 Å². The molecule has 2 rings (SSSR count). The zero-order valence-electron chi connectivity index (χ0n) is 12.3. The molecule has 4 atom stereocenters. The van der Waals surface area contributed by atoms with Gasteiger partial charge in [-0.2, -0.15) is 0 Å². The van der Waals surface area contributed by atoms with Crippen LogP contribution in [0.25, 0.3) is 0 Å². The second kappa shape index (κ2) is 5.30. The number of nitrogens with one attached hydrogen (secondary N) is 1. The summed E-state index contributed by atoms with van der Waals surface area (Å²) in [5.41, 5.74) is 0.642. The van der Waals surface area contributed by atoms with Gasteiger partial charge in [-0.15, -0.1) is 0 Å². The first kappa shape index (κ1) is 13.4. The molecule has 0 aromatic carbocycles. The topological polar surface area (TPSA) is 12.0 Å². The molecule has 4 unspecified atom stereocenters. The highest BCUT2D eigenvalue weighted by Crippen LogP contribution is 2.59. The molecule has 0 spiro atoms. The molecule has 2 fully saturated rings. The van der Waals surface area contributed by atoms with Gasteiger partial charge in [-0.1, -0.05) is 47.0 Å². The third-order valence-electron chi connectivity index (χ3n) is 5.57. The van der Waals surface area contributed by atoms with Crippen molar-refractivity contribution in [3.05, 3.63) is 0 Å². The summed E-state index contributed by atoms with van der Waals surface area (Å²) in [5.74, 6) is 3.00. The average Bonchev–Trinajstić information content (AvgIpc) is 2.87. The summed E-state index contributed by atoms with van der Waals surface area (Å²) >= 11 is 0. The predicted octanol–water partition coefficient (Wildman–Crippen LogP) is 4.23. The maximum atomic E-state index is 3.75. The smallest absolute Gasteiger partial charge is 0.00155 e. The lowest BCUT2D eigenvalue weighted by molar-refractivity contribution is 0.0742. The van der Waals surface area contributed by atoms with E-state index in [4.69, 9.17) is 0 Å². The largest absolute Gasteiger partial charge is 0.314 e. The minimum atomic E-state index is 0.639. The van der Waals surface area contributed by atoms with Crippen molar-refractivity contribution in [2.45, 2.75) is 72.3 Å². The third kappa shape index (κ3) is 2.54. The van der Waals surface area contributed by atoms with Gasteiger partial charge in [0, 0.05) is 12.6 Å². The maximum absolute atomic E-state index is 3.75. The quantitative estimate of drug-likeness (QED) is 0.729. The monoisotopic (exact) mass is 237 g/mol. The zero-order chi connectivity index (χ0) is 12.5. The molecule has 100 valence electrons. The summed E-state index contributed by atoms with van der Waals surface area (Å²) in [6.45, 7) is 10.7. The van der Waals surface area contributed by atoms with Crippen molar-refractivity contribution in [1.82, 2.24) is 5.32 Å². The minimum absolute atomic E-state index is 0.639. The van der Waals surface area contributed by atoms with Crippen LogP contribution in [0.3, 0.4) is 0 Å². The van der Waals surface area contributed by atoms with E-state index in [0.29, 0.717) is 11.5 Å². The molecule has 0 aromatic heterocycles. The van der Waals surface area contributed by atoms with Crippen LogP contribution in [0.2, 0.25) is 0 Å². The van der Waals surface area contributed by atoms with Crippen LogP contribution in [0, 0.1) is 23.2 Å². The number of hydrogen-bond donors (Lipinski definition) is 1. The maximum Gasteiger partial charge on any atom is 0.00155 e. The van der Waals surface area contributed by atoms with E-state index in [9.17, 15) is 0 Å². The Bertz CT molecular complexity index is 248. The van der Waals surface area contributed by atoms with E-state index in [2.05, 4.69) is 33.0 Å². The Morgan fingerprint density at radius 2 is 2.00 bits per heavy atom. The van der Waals surface area contributed by atoms with Gasteiger partial charge in [-0.3, -0.25) is 0 Å². The van der Waals surface area contributed by atoms with Crippen molar-refractivity contribution in [3.8, 4) is 0 Å². The van der Waals surface area contributed by atoms with Crippen LogP contribution in [0.15, 0.2) is 0 Å². The molecule has 0 saturated heterocycles. The SMILES string of the molecule is CCCC(C)C1(CNC(C)C)CC2CCC1C2. The van der Waals surface area contributed by atoms with Crippen LogP contribution in [0.1, 0.15) is 66.2 Å². The van der Waals surface area contributed by atoms with E-state index in [-0.39, 0.29) is 0 Å². The van der Waals surface area contributed by atoms with Crippen molar-refractivity contribution in [3.63, 3.8) is 0 Å². The van der Waals surface area contributed by atoms with E-state index < -0.39 is 0 Å². The van der Waals surface area contributed by atoms with Gasteiger partial charge in [0.2, 0.25) is 0 Å². The first-order valence-electron chi connectivity index (χ1n) is 7.82. The van der Waals surface area contributed by atoms with Gasteiger partial charge < -0.3 is 5.32 Å². The van der Waals surface area contributed by atoms with Crippen molar-refractivity contribution >= 4 is 0 Å². The Kier molecular flexibility index (Phi) is 4.18. The fraction of sp³-hybridized carbons (Fsp3) is 1.00. The molecule has 0 aromatic rings. The Hall–Kier alpha value is -0.0400. The molecule has 0 amide bonds. The minimum Gasteiger partial charge on any atom is -0.314 e. The number of fused-ring (bicyclic) bond motifs is 2. The van der Waals surface area contributed by atoms with E-state index in [0.717, 1.165) is 17.8 Å². The Balaban J connectivity index is 2.06. The summed E-state index contributed by atoms with van der Waals surface area (Å²) in [6.07, 6.45) is 8.85. The predicted molar refractivity (Wildman–Crippen MR) is 75.1 cm³/mol. The molecule has 2 bridgehead atoms. The van der Waals surface area contributed by atoms with Crippen LogP contribution in [0.4, 0.5) is 0 Å². The standard InChI is InChI=1S/C16H31N/c1-5-6-13(4)16(11-17-12(2)3)10-14-7-8-15(16)9-14/h12-15,17H,5-11H2,1-4H3. The molecule has 2 saturated carbocycles. The first-order valence-corrected chi connectivity index (χ1v) is 7.82. The molecule has 1 nitrogen and oxygen atoms in total. The van der Waals surface area contributed by atoms with Crippen LogP contribution in [-0.4, -0.2) is 12.6 Å². The molecule has 1 N–H and O–H groups in total. The van der Waals surface area contributed by atoms with Gasteiger partial charge in [0.05, 0.1) is 0 Å². The summed E-state index contributed by atoms with van der Waals surface area (Å²) in [5, 5.41) is 3.75. The van der Waals surface area contributed by atoms with Crippen molar-refractivity contribution < 1.29 is 0 Å². The molecule has 2 aliphatic carbocycles. The van der Waals surface area contributed by atoms with Crippen LogP contribution >= 0.6 is 0 Å². The lowest BCUT2D eigenvalue weighted by atomic mass is 9.64. The lowest BCUT2D eigenvalue weighted by Gasteiger charge is -2.44. The second-order valence-corrected chi connectivity index (χ2v) is 7.04. The summed E-state index contributed by atoms with van der Waals surface area (Å²) in [6, 6.07) is 0.639. The normalized spacial score (nSPS) is 37.9. The molecule has 0 heterocycles. The van der Waals surface area contributed by atoms with Crippen molar-refractivity contribution in [2.75, 3.05) is 6.54 Å². The van der Waals surface area contributed by atoms with Crippen molar-refractivity contribution in [1.29, 1.82) is 0 Å². The van der Waals surface area contributed by atoms with Crippen LogP contribution in [-0.2, 0) is 0 Å². The summed E-state index contributed by atoms with van der Waals surface area (Å²) in [4.78, 5) is 0. The number of hydrogen-bond acceptors (Lipinski definition) is 1. The van der Waals surface area contributed by atoms with E-state index in [1.54, 1.807) is 0 Å². The van der Waals surface area contributed by atoms with E-state index in [1.165, 1.54) is 45.1 Å². The van der Waals surface area contributed by atoms with Gasteiger partial charge in [-0.25, -0.2) is 0 Å². The molecule has 2 aliphatic rings. The zero-order valence-corrected chi connectivity index (χ0v) is 12.3. The fourth-order valence-electron chi connectivity index (χ4n) is 4.60. The number of rotatable bonds is 6. The van der Waals surface area contributed by atoms with E-state index in [1.807, 2.05) is 0 Å². The van der Waals surface area contributed by atoms with Gasteiger partial charge in [0.1, 0.15) is 0 Å². The van der Waals surface area contributed by atoms with Crippen LogP contribution < -0.4 is 5.32 Å². The molecular formula is C16H31N. The first-order chi connectivity index (χ1) is 8.08. The highest BCUT2D eigenvalue weighted by Gasteiger charge is 2.52. The van der Waals surface area contributed by atoms with Crippen LogP contribution in [0.5, 0.6) is 0 Å². The summed E-state index contributed by atoms with van der Waals surface area (Å²) in [7, 11) is 0. The lowest BCUT2D eigenvalue weighted by Crippen LogP contribution is -2.45. The summed E-state index contributed by atoms with van der Waals surface area (Å²) < 4.78 is 0. The third-order valence-corrected chi connectivity index (χ3v) is 5.57. The van der Waals surface area contributed by atoms with Gasteiger partial charge in [-0.05, 0) is 42.4 Å². The highest BCUT2D eigenvalue weighted by molar-refractivity contribution is 5.03. The molecule has 0 radical (unpaired) electrons. The Morgan fingerprint density at radius 1 is 1.24 bits per heavy atom. The van der Waals surface area contributed by atoms with E-state index >= 15 is 0 Å². The molecule has 0 aliphatic heterocycles. The molecule has 17 heavy (non-hydrogen) atoms. The Labute approximate surface area is 108 Å². The second-order valence-electron chi connectivity index (χ2n) is 7.04. The average molecular weight is 237 g/mol.